The van der Waals surface area contributed by atoms with E-state index in [-0.39, 0.29) is 10.8 Å². The molecule has 0 spiro atoms. The van der Waals surface area contributed by atoms with Crippen molar-refractivity contribution in [2.75, 3.05) is 19.7 Å². The second-order valence-corrected chi connectivity index (χ2v) is 9.73. The largest absolute Gasteiger partial charge is 0.492 e. The van der Waals surface area contributed by atoms with E-state index in [0.29, 0.717) is 25.6 Å². The van der Waals surface area contributed by atoms with Crippen LogP contribution in [0.1, 0.15) is 23.2 Å². The van der Waals surface area contributed by atoms with Crippen molar-refractivity contribution in [2.24, 2.45) is 29.6 Å². The molecule has 1 N–H and O–H groups in total. The fourth-order valence-electron chi connectivity index (χ4n) is 4.64. The molecule has 4 aliphatic carbocycles. The van der Waals surface area contributed by atoms with E-state index in [9.17, 15) is 17.6 Å². The molecule has 3 unspecified atom stereocenters. The maximum absolute atomic E-state index is 14.3. The molecule has 140 valence electrons. The maximum Gasteiger partial charge on any atom is 0.304 e. The number of halogens is 2. The van der Waals surface area contributed by atoms with Crippen LogP contribution in [0.25, 0.3) is 0 Å². The van der Waals surface area contributed by atoms with Crippen LogP contribution in [0.3, 0.4) is 0 Å². The van der Waals surface area contributed by atoms with Crippen molar-refractivity contribution in [1.82, 2.24) is 9.03 Å². The second kappa shape index (κ2) is 5.56. The Balaban J connectivity index is 1.27. The standard InChI is InChI=1S/C17H18ClFN2O4S/c18-11-5-9(17(22)20-26(23,24)21-2-1-3-21)12(19)6-13(11)25-7-8-4-10-15-14(8)16(10)15/h5-6,8,10,14-16H,1-4,7H2,(H,20,22). The summed E-state index contributed by atoms with van der Waals surface area (Å²) in [4.78, 5) is 12.2. The van der Waals surface area contributed by atoms with Crippen LogP contribution in [0.4, 0.5) is 4.39 Å². The lowest BCUT2D eigenvalue weighted by molar-refractivity contribution is 0.0973. The number of carbonyl (C=O) groups excluding carboxylic acids is 1. The van der Waals surface area contributed by atoms with E-state index in [4.69, 9.17) is 16.3 Å². The van der Waals surface area contributed by atoms with Gasteiger partial charge in [-0.25, -0.2) is 9.11 Å². The van der Waals surface area contributed by atoms with Crippen LogP contribution in [0.5, 0.6) is 5.75 Å². The minimum Gasteiger partial charge on any atom is -0.492 e. The van der Waals surface area contributed by atoms with E-state index in [1.165, 1.54) is 6.42 Å². The first-order chi connectivity index (χ1) is 12.4. The molecular formula is C17H18ClFN2O4S. The molecular weight excluding hydrogens is 383 g/mol. The molecule has 5 aliphatic rings. The average molecular weight is 401 g/mol. The van der Waals surface area contributed by atoms with Gasteiger partial charge in [-0.1, -0.05) is 11.6 Å². The summed E-state index contributed by atoms with van der Waals surface area (Å²) in [6.45, 7) is 1.20. The number of nitrogens with one attached hydrogen (secondary N) is 1. The molecule has 1 aromatic rings. The number of rotatable bonds is 6. The summed E-state index contributed by atoms with van der Waals surface area (Å²) < 4.78 is 46.9. The molecule has 1 aromatic carbocycles. The van der Waals surface area contributed by atoms with Crippen LogP contribution in [0.15, 0.2) is 12.1 Å². The van der Waals surface area contributed by atoms with Crippen LogP contribution in [-0.2, 0) is 10.2 Å². The number of benzene rings is 1. The Morgan fingerprint density at radius 2 is 2.04 bits per heavy atom. The Hall–Kier alpha value is -1.38. The van der Waals surface area contributed by atoms with Crippen molar-refractivity contribution in [3.63, 3.8) is 0 Å². The van der Waals surface area contributed by atoms with Crippen LogP contribution >= 0.6 is 11.6 Å². The quantitative estimate of drug-likeness (QED) is 0.793. The molecule has 6 nitrogen and oxygen atoms in total. The van der Waals surface area contributed by atoms with Gasteiger partial charge in [-0.05, 0) is 48.5 Å². The highest BCUT2D eigenvalue weighted by molar-refractivity contribution is 7.87. The van der Waals surface area contributed by atoms with Crippen LogP contribution in [0, 0.1) is 35.4 Å². The molecule has 0 aromatic heterocycles. The third-order valence-electron chi connectivity index (χ3n) is 6.26. The van der Waals surface area contributed by atoms with E-state index >= 15 is 0 Å². The first-order valence-corrected chi connectivity index (χ1v) is 10.6. The van der Waals surface area contributed by atoms with Gasteiger partial charge in [-0.15, -0.1) is 0 Å². The van der Waals surface area contributed by atoms with Crippen LogP contribution in [-0.4, -0.2) is 38.3 Å². The van der Waals surface area contributed by atoms with Crippen molar-refractivity contribution in [2.45, 2.75) is 12.8 Å². The lowest BCUT2D eigenvalue weighted by atomic mass is 10.1. The van der Waals surface area contributed by atoms with Crippen LogP contribution in [0.2, 0.25) is 5.02 Å². The van der Waals surface area contributed by atoms with Gasteiger partial charge in [-0.3, -0.25) is 4.79 Å². The van der Waals surface area contributed by atoms with Crippen molar-refractivity contribution in [3.05, 3.63) is 28.5 Å². The molecule has 4 saturated carbocycles. The molecule has 2 bridgehead atoms. The van der Waals surface area contributed by atoms with E-state index < -0.39 is 27.5 Å². The number of fused-ring (bicyclic) bond motifs is 1. The number of nitrogens with zero attached hydrogens (tertiary/aromatic N) is 1. The van der Waals surface area contributed by atoms with Gasteiger partial charge >= 0.3 is 10.2 Å². The van der Waals surface area contributed by atoms with Gasteiger partial charge in [0.25, 0.3) is 5.91 Å². The SMILES string of the molecule is O=C(NS(=O)(=O)N1CCC1)c1cc(Cl)c(OCC2CC3C4C2C34)cc1F. The Labute approximate surface area is 155 Å². The van der Waals surface area contributed by atoms with Gasteiger partial charge in [-0.2, -0.15) is 12.7 Å². The van der Waals surface area contributed by atoms with Gasteiger partial charge in [0, 0.05) is 19.2 Å². The number of hydrogen-bond donors (Lipinski definition) is 1. The summed E-state index contributed by atoms with van der Waals surface area (Å²) in [5.74, 6) is 2.29. The van der Waals surface area contributed by atoms with Crippen molar-refractivity contribution >= 4 is 27.7 Å². The normalized spacial score (nSPS) is 34.0. The van der Waals surface area contributed by atoms with E-state index in [1.54, 1.807) is 0 Å². The van der Waals surface area contributed by atoms with E-state index in [1.807, 2.05) is 4.72 Å². The van der Waals surface area contributed by atoms with Crippen molar-refractivity contribution in [3.8, 4) is 5.75 Å². The number of ether oxygens (including phenoxy) is 1. The highest BCUT2D eigenvalue weighted by atomic mass is 35.5. The molecule has 1 saturated heterocycles. The van der Waals surface area contributed by atoms with Gasteiger partial charge in [0.2, 0.25) is 0 Å². The number of hydrogen-bond acceptors (Lipinski definition) is 4. The third-order valence-corrected chi connectivity index (χ3v) is 8.04. The molecule has 1 amide bonds. The van der Waals surface area contributed by atoms with Gasteiger partial charge in [0.1, 0.15) is 11.6 Å². The summed E-state index contributed by atoms with van der Waals surface area (Å²) in [5, 5.41) is 0.0931. The molecule has 5 fully saturated rings. The molecule has 6 rings (SSSR count). The van der Waals surface area contributed by atoms with Crippen LogP contribution < -0.4 is 9.46 Å². The summed E-state index contributed by atoms with van der Waals surface area (Å²) in [5.41, 5.74) is -0.418. The van der Waals surface area contributed by atoms with E-state index in [0.717, 1.165) is 46.5 Å². The Kier molecular flexibility index (Phi) is 3.59. The fraction of sp³-hybridized carbons (Fsp3) is 0.588. The molecule has 9 heteroatoms. The topological polar surface area (TPSA) is 75.7 Å². The molecule has 1 heterocycles. The minimum atomic E-state index is -3.94. The Morgan fingerprint density at radius 1 is 1.31 bits per heavy atom. The van der Waals surface area contributed by atoms with Gasteiger partial charge < -0.3 is 4.74 Å². The monoisotopic (exact) mass is 400 g/mol. The van der Waals surface area contributed by atoms with Gasteiger partial charge in [0.05, 0.1) is 17.2 Å². The predicted molar refractivity (Wildman–Crippen MR) is 91.5 cm³/mol. The molecule has 0 radical (unpaired) electrons. The number of amides is 1. The van der Waals surface area contributed by atoms with Crippen molar-refractivity contribution in [1.29, 1.82) is 0 Å². The molecule has 1 aliphatic heterocycles. The summed E-state index contributed by atoms with van der Waals surface area (Å²) >= 11 is 6.12. The molecule has 3 atom stereocenters. The third kappa shape index (κ3) is 2.53. The lowest BCUT2D eigenvalue weighted by Crippen LogP contribution is -2.49. The van der Waals surface area contributed by atoms with Gasteiger partial charge in [0.15, 0.2) is 0 Å². The lowest BCUT2D eigenvalue weighted by Gasteiger charge is -2.29. The highest BCUT2D eigenvalue weighted by Gasteiger charge is 2.80. The Bertz CT molecular complexity index is 888. The Morgan fingerprint density at radius 3 is 2.62 bits per heavy atom. The second-order valence-electron chi connectivity index (χ2n) is 7.65. The summed E-state index contributed by atoms with van der Waals surface area (Å²) in [6, 6.07) is 2.17. The minimum absolute atomic E-state index is 0.0931. The average Bonchev–Trinajstić information content (AvgIpc) is 3.32. The zero-order valence-electron chi connectivity index (χ0n) is 13.8. The summed E-state index contributed by atoms with van der Waals surface area (Å²) in [6.07, 6.45) is 1.92. The zero-order valence-corrected chi connectivity index (χ0v) is 15.4. The summed E-state index contributed by atoms with van der Waals surface area (Å²) in [7, 11) is -3.94. The first-order valence-electron chi connectivity index (χ1n) is 8.81. The zero-order chi connectivity index (χ0) is 18.2. The van der Waals surface area contributed by atoms with Crippen molar-refractivity contribution < 1.29 is 22.3 Å². The van der Waals surface area contributed by atoms with E-state index in [2.05, 4.69) is 0 Å². The first kappa shape index (κ1) is 16.8. The number of carbonyl (C=O) groups is 1. The predicted octanol–water partition coefficient (Wildman–Crippen LogP) is 2.05. The smallest absolute Gasteiger partial charge is 0.304 e. The highest BCUT2D eigenvalue weighted by Crippen LogP contribution is 2.83. The maximum atomic E-state index is 14.3. The molecule has 26 heavy (non-hydrogen) atoms. The fourth-order valence-corrected chi connectivity index (χ4v) is 6.07.